The minimum Gasteiger partial charge on any atom is -0.493 e. The number of halogens is 1. The van der Waals surface area contributed by atoms with E-state index >= 15 is 0 Å². The molecule has 0 radical (unpaired) electrons. The molecule has 0 aliphatic rings. The third-order valence-corrected chi connectivity index (χ3v) is 3.82. The summed E-state index contributed by atoms with van der Waals surface area (Å²) in [5.41, 5.74) is 14.0. The van der Waals surface area contributed by atoms with Crippen LogP contribution >= 0.6 is 12.4 Å². The van der Waals surface area contributed by atoms with Gasteiger partial charge in [0, 0.05) is 6.04 Å². The van der Waals surface area contributed by atoms with Crippen molar-refractivity contribution in [2.75, 3.05) is 13.7 Å². The summed E-state index contributed by atoms with van der Waals surface area (Å²) in [5, 5.41) is 0. The normalized spacial score (nSPS) is 11.5. The van der Waals surface area contributed by atoms with Crippen molar-refractivity contribution in [2.45, 2.75) is 31.9 Å². The van der Waals surface area contributed by atoms with E-state index in [0.717, 1.165) is 41.9 Å². The van der Waals surface area contributed by atoms with Crippen LogP contribution in [0.3, 0.4) is 0 Å². The Morgan fingerprint density at radius 2 is 1.75 bits per heavy atom. The molecule has 5 heteroatoms. The summed E-state index contributed by atoms with van der Waals surface area (Å²) < 4.78 is 11.3. The Bertz CT molecular complexity index is 593. The molecule has 0 spiro atoms. The van der Waals surface area contributed by atoms with Crippen LogP contribution in [0, 0.1) is 0 Å². The van der Waals surface area contributed by atoms with Gasteiger partial charge in [0.25, 0.3) is 0 Å². The van der Waals surface area contributed by atoms with Gasteiger partial charge in [0.05, 0.1) is 7.11 Å². The summed E-state index contributed by atoms with van der Waals surface area (Å²) in [6, 6.07) is 16.0. The van der Waals surface area contributed by atoms with E-state index in [1.54, 1.807) is 7.11 Å². The minimum atomic E-state index is -0.00784. The molecule has 0 amide bonds. The zero-order valence-electron chi connectivity index (χ0n) is 14.1. The van der Waals surface area contributed by atoms with Gasteiger partial charge in [-0.05, 0) is 42.6 Å². The molecular weight excluding hydrogens is 324 g/mol. The maximum absolute atomic E-state index is 6.27. The van der Waals surface area contributed by atoms with Gasteiger partial charge >= 0.3 is 0 Å². The molecule has 2 aromatic carbocycles. The van der Waals surface area contributed by atoms with E-state index in [9.17, 15) is 0 Å². The van der Waals surface area contributed by atoms with Crippen LogP contribution in [0.2, 0.25) is 0 Å². The third kappa shape index (κ3) is 6.04. The summed E-state index contributed by atoms with van der Waals surface area (Å²) in [6.07, 6.45) is 2.95. The molecule has 0 bridgehead atoms. The first-order valence-electron chi connectivity index (χ1n) is 8.05. The topological polar surface area (TPSA) is 70.5 Å². The molecular formula is C19H27ClN2O2. The number of hydrogen-bond donors (Lipinski definition) is 2. The van der Waals surface area contributed by atoms with E-state index in [4.69, 9.17) is 20.9 Å². The second-order valence-electron chi connectivity index (χ2n) is 5.58. The van der Waals surface area contributed by atoms with E-state index in [-0.39, 0.29) is 18.4 Å². The average molecular weight is 351 g/mol. The van der Waals surface area contributed by atoms with Gasteiger partial charge in [-0.2, -0.15) is 0 Å². The SMILES string of the molecule is COc1ccc([C@H](N)CCCCN)cc1OCc1ccccc1.Cl. The van der Waals surface area contributed by atoms with Crippen LogP contribution in [0.25, 0.3) is 0 Å². The predicted octanol–water partition coefficient (Wildman–Crippen LogP) is 3.82. The molecule has 4 N–H and O–H groups in total. The van der Waals surface area contributed by atoms with Crippen LogP contribution in [0.1, 0.15) is 36.4 Å². The van der Waals surface area contributed by atoms with E-state index < -0.39 is 0 Å². The Morgan fingerprint density at radius 3 is 2.42 bits per heavy atom. The molecule has 0 aliphatic heterocycles. The minimum absolute atomic E-state index is 0. The Kier molecular flexibility index (Phi) is 9.23. The number of methoxy groups -OCH3 is 1. The smallest absolute Gasteiger partial charge is 0.161 e. The number of benzene rings is 2. The zero-order chi connectivity index (χ0) is 16.5. The summed E-state index contributed by atoms with van der Waals surface area (Å²) in [4.78, 5) is 0. The van der Waals surface area contributed by atoms with E-state index in [1.807, 2.05) is 48.5 Å². The Labute approximate surface area is 150 Å². The van der Waals surface area contributed by atoms with Gasteiger partial charge in [0.1, 0.15) is 6.61 Å². The highest BCUT2D eigenvalue weighted by Gasteiger charge is 2.11. The fourth-order valence-electron chi connectivity index (χ4n) is 2.45. The lowest BCUT2D eigenvalue weighted by Crippen LogP contribution is -2.11. The van der Waals surface area contributed by atoms with Crippen LogP contribution in [-0.2, 0) is 6.61 Å². The fourth-order valence-corrected chi connectivity index (χ4v) is 2.45. The van der Waals surface area contributed by atoms with Gasteiger partial charge in [0.2, 0.25) is 0 Å². The Hall–Kier alpha value is -1.75. The Balaban J connectivity index is 0.00000288. The Morgan fingerprint density at radius 1 is 1.00 bits per heavy atom. The lowest BCUT2D eigenvalue weighted by Gasteiger charge is -2.16. The van der Waals surface area contributed by atoms with Gasteiger partial charge < -0.3 is 20.9 Å². The van der Waals surface area contributed by atoms with Crippen molar-refractivity contribution in [3.8, 4) is 11.5 Å². The van der Waals surface area contributed by atoms with Gasteiger partial charge in [-0.1, -0.05) is 42.8 Å². The third-order valence-electron chi connectivity index (χ3n) is 3.82. The molecule has 0 aliphatic carbocycles. The molecule has 2 aromatic rings. The van der Waals surface area contributed by atoms with Crippen molar-refractivity contribution in [3.63, 3.8) is 0 Å². The molecule has 0 saturated heterocycles. The van der Waals surface area contributed by atoms with E-state index in [0.29, 0.717) is 13.2 Å². The number of ether oxygens (including phenoxy) is 2. The van der Waals surface area contributed by atoms with Crippen molar-refractivity contribution in [1.29, 1.82) is 0 Å². The molecule has 0 aromatic heterocycles. The van der Waals surface area contributed by atoms with Crippen molar-refractivity contribution >= 4 is 12.4 Å². The highest BCUT2D eigenvalue weighted by Crippen LogP contribution is 2.31. The van der Waals surface area contributed by atoms with Gasteiger partial charge in [0.15, 0.2) is 11.5 Å². The van der Waals surface area contributed by atoms with E-state index in [2.05, 4.69) is 0 Å². The molecule has 1 atom stereocenters. The average Bonchev–Trinajstić information content (AvgIpc) is 2.60. The van der Waals surface area contributed by atoms with Gasteiger partial charge in [-0.25, -0.2) is 0 Å². The highest BCUT2D eigenvalue weighted by molar-refractivity contribution is 5.85. The summed E-state index contributed by atoms with van der Waals surface area (Å²) in [6.45, 7) is 1.21. The molecule has 0 fully saturated rings. The molecule has 132 valence electrons. The van der Waals surface area contributed by atoms with E-state index in [1.165, 1.54) is 0 Å². The molecule has 2 rings (SSSR count). The molecule has 0 heterocycles. The quantitative estimate of drug-likeness (QED) is 0.674. The van der Waals surface area contributed by atoms with Crippen molar-refractivity contribution in [1.82, 2.24) is 0 Å². The maximum Gasteiger partial charge on any atom is 0.161 e. The van der Waals surface area contributed by atoms with Gasteiger partial charge in [-0.3, -0.25) is 0 Å². The molecule has 24 heavy (non-hydrogen) atoms. The van der Waals surface area contributed by atoms with Crippen LogP contribution in [-0.4, -0.2) is 13.7 Å². The maximum atomic E-state index is 6.27. The number of unbranched alkanes of at least 4 members (excludes halogenated alkanes) is 1. The largest absolute Gasteiger partial charge is 0.493 e. The number of rotatable bonds is 9. The highest BCUT2D eigenvalue weighted by atomic mass is 35.5. The van der Waals surface area contributed by atoms with Crippen LogP contribution in [0.5, 0.6) is 11.5 Å². The van der Waals surface area contributed by atoms with Crippen molar-refractivity contribution in [2.24, 2.45) is 11.5 Å². The zero-order valence-corrected chi connectivity index (χ0v) is 14.9. The standard InChI is InChI=1S/C19H26N2O2.ClH/c1-22-18-11-10-16(17(21)9-5-6-12-20)13-19(18)23-14-15-7-3-2-4-8-15;/h2-4,7-8,10-11,13,17H,5-6,9,12,14,20-21H2,1H3;1H/t17-;/m1./s1. The lowest BCUT2D eigenvalue weighted by atomic mass is 10.0. The monoisotopic (exact) mass is 350 g/mol. The summed E-state index contributed by atoms with van der Waals surface area (Å²) >= 11 is 0. The number of nitrogens with two attached hydrogens (primary N) is 2. The second kappa shape index (κ2) is 10.9. The first kappa shape index (κ1) is 20.3. The molecule has 4 nitrogen and oxygen atoms in total. The summed E-state index contributed by atoms with van der Waals surface area (Å²) in [5.74, 6) is 1.45. The fraction of sp³-hybridized carbons (Fsp3) is 0.368. The molecule has 0 saturated carbocycles. The summed E-state index contributed by atoms with van der Waals surface area (Å²) in [7, 11) is 1.64. The van der Waals surface area contributed by atoms with Crippen molar-refractivity contribution < 1.29 is 9.47 Å². The second-order valence-corrected chi connectivity index (χ2v) is 5.58. The first-order valence-corrected chi connectivity index (χ1v) is 8.05. The molecule has 0 unspecified atom stereocenters. The van der Waals surface area contributed by atoms with Crippen molar-refractivity contribution in [3.05, 3.63) is 59.7 Å². The number of hydrogen-bond acceptors (Lipinski definition) is 4. The van der Waals surface area contributed by atoms with Crippen LogP contribution in [0.4, 0.5) is 0 Å². The van der Waals surface area contributed by atoms with Crippen LogP contribution < -0.4 is 20.9 Å². The lowest BCUT2D eigenvalue weighted by molar-refractivity contribution is 0.284. The van der Waals surface area contributed by atoms with Crippen LogP contribution in [0.15, 0.2) is 48.5 Å². The predicted molar refractivity (Wildman–Crippen MR) is 101 cm³/mol. The first-order chi connectivity index (χ1) is 11.2. The van der Waals surface area contributed by atoms with Gasteiger partial charge in [-0.15, -0.1) is 12.4 Å².